The van der Waals surface area contributed by atoms with Gasteiger partial charge in [0.2, 0.25) is 11.8 Å². The number of anilines is 1. The molecule has 2 heterocycles. The number of alkyl carbamates (subject to hydrolysis) is 1. The van der Waals surface area contributed by atoms with Gasteiger partial charge in [0.05, 0.1) is 18.8 Å². The molecule has 0 saturated carbocycles. The van der Waals surface area contributed by atoms with Gasteiger partial charge in [-0.05, 0) is 60.5 Å². The molecular weight excluding hydrogens is 529 g/mol. The van der Waals surface area contributed by atoms with Crippen molar-refractivity contribution < 1.29 is 28.2 Å². The van der Waals surface area contributed by atoms with Crippen LogP contribution >= 0.6 is 0 Å². The second-order valence-electron chi connectivity index (χ2n) is 9.52. The van der Waals surface area contributed by atoms with Gasteiger partial charge in [-0.15, -0.1) is 0 Å². The topological polar surface area (TPSA) is 126 Å². The lowest BCUT2D eigenvalue weighted by Gasteiger charge is -2.23. The van der Waals surface area contributed by atoms with Crippen molar-refractivity contribution in [1.29, 1.82) is 0 Å². The molecule has 1 aliphatic heterocycles. The number of benzene rings is 3. The molecule has 5 rings (SSSR count). The molecule has 4 aromatic rings. The molecule has 1 aromatic heterocycles. The van der Waals surface area contributed by atoms with Crippen LogP contribution in [-0.4, -0.2) is 51.4 Å². The summed E-state index contributed by atoms with van der Waals surface area (Å²) in [6.07, 6.45) is 2.65. The summed E-state index contributed by atoms with van der Waals surface area (Å²) in [4.78, 5) is 47.3. The zero-order valence-electron chi connectivity index (χ0n) is 22.0. The summed E-state index contributed by atoms with van der Waals surface area (Å²) in [6, 6.07) is 20.3. The van der Waals surface area contributed by atoms with E-state index in [4.69, 9.17) is 9.47 Å². The zero-order valence-corrected chi connectivity index (χ0v) is 22.0. The summed E-state index contributed by atoms with van der Waals surface area (Å²) in [7, 11) is 0. The quantitative estimate of drug-likeness (QED) is 0.280. The smallest absolute Gasteiger partial charge is 0.407 e. The van der Waals surface area contributed by atoms with E-state index in [9.17, 15) is 18.8 Å². The van der Waals surface area contributed by atoms with Gasteiger partial charge in [-0.1, -0.05) is 30.3 Å². The van der Waals surface area contributed by atoms with E-state index in [1.165, 1.54) is 35.5 Å². The van der Waals surface area contributed by atoms with Crippen molar-refractivity contribution >= 4 is 23.6 Å². The standard InChI is InChI=1S/C30H28FN5O5/c31-21-6-10-25(11-7-21)41-26-12-8-22(9-13-26)34-29(38)27-14-24(17-36(27)28(37)15-23-16-32-19-33-23)35-30(39)40-18-20-4-2-1-3-5-20/h1-13,16,19,24,27H,14-15,17-18H2,(H,32,33)(H,34,38)(H,35,39)/t24-,27+/m1/s1. The number of H-pyrrole nitrogens is 1. The second kappa shape index (κ2) is 12.8. The summed E-state index contributed by atoms with van der Waals surface area (Å²) in [6.45, 7) is 0.253. The van der Waals surface area contributed by atoms with Crippen molar-refractivity contribution in [1.82, 2.24) is 20.2 Å². The van der Waals surface area contributed by atoms with Crippen molar-refractivity contribution in [2.45, 2.75) is 31.5 Å². The number of imidazole rings is 1. The van der Waals surface area contributed by atoms with Crippen LogP contribution in [0.4, 0.5) is 14.9 Å². The van der Waals surface area contributed by atoms with Gasteiger partial charge < -0.3 is 30.0 Å². The fourth-order valence-electron chi connectivity index (χ4n) is 4.51. The largest absolute Gasteiger partial charge is 0.457 e. The number of carbonyl (C=O) groups excluding carboxylic acids is 3. The van der Waals surface area contributed by atoms with Crippen molar-refractivity contribution in [3.63, 3.8) is 0 Å². The minimum Gasteiger partial charge on any atom is -0.457 e. The van der Waals surface area contributed by atoms with Crippen LogP contribution in [0.3, 0.4) is 0 Å². The third kappa shape index (κ3) is 7.47. The maximum Gasteiger partial charge on any atom is 0.407 e. The molecule has 1 aliphatic rings. The molecule has 0 unspecified atom stereocenters. The van der Waals surface area contributed by atoms with E-state index in [1.807, 2.05) is 30.3 Å². The number of amides is 3. The Labute approximate surface area is 235 Å². The average Bonchev–Trinajstić information content (AvgIpc) is 3.65. The van der Waals surface area contributed by atoms with Crippen LogP contribution in [0.1, 0.15) is 17.7 Å². The SMILES string of the molecule is O=C(N[C@@H]1C[C@@H](C(=O)Nc2ccc(Oc3ccc(F)cc3)cc2)N(C(=O)Cc2cnc[nH]2)C1)OCc1ccccc1. The van der Waals surface area contributed by atoms with Crippen LogP contribution in [0.5, 0.6) is 11.5 Å². The lowest BCUT2D eigenvalue weighted by molar-refractivity contribution is -0.136. The van der Waals surface area contributed by atoms with Crippen molar-refractivity contribution in [2.24, 2.45) is 0 Å². The minimum absolute atomic E-state index is 0.0321. The van der Waals surface area contributed by atoms with Gasteiger partial charge in [-0.3, -0.25) is 9.59 Å². The van der Waals surface area contributed by atoms with E-state index >= 15 is 0 Å². The number of ether oxygens (including phenoxy) is 2. The van der Waals surface area contributed by atoms with E-state index < -0.39 is 24.1 Å². The Hall–Kier alpha value is -5.19. The number of nitrogens with zero attached hydrogens (tertiary/aromatic N) is 2. The molecule has 10 nitrogen and oxygen atoms in total. The lowest BCUT2D eigenvalue weighted by Crippen LogP contribution is -2.44. The van der Waals surface area contributed by atoms with E-state index in [0.29, 0.717) is 22.9 Å². The van der Waals surface area contributed by atoms with E-state index in [2.05, 4.69) is 20.6 Å². The molecule has 11 heteroatoms. The lowest BCUT2D eigenvalue weighted by atomic mass is 10.1. The van der Waals surface area contributed by atoms with Crippen molar-refractivity contribution in [2.75, 3.05) is 11.9 Å². The highest BCUT2D eigenvalue weighted by Crippen LogP contribution is 2.25. The normalized spacial score (nSPS) is 16.2. The van der Waals surface area contributed by atoms with Crippen LogP contribution in [0, 0.1) is 5.82 Å². The number of likely N-dealkylation sites (tertiary alicyclic amines) is 1. The molecule has 3 aromatic carbocycles. The van der Waals surface area contributed by atoms with Gasteiger partial charge >= 0.3 is 6.09 Å². The number of carbonyl (C=O) groups is 3. The molecule has 0 bridgehead atoms. The molecule has 3 amide bonds. The number of rotatable bonds is 9. The fourth-order valence-corrected chi connectivity index (χ4v) is 4.51. The van der Waals surface area contributed by atoms with Gasteiger partial charge in [-0.25, -0.2) is 14.2 Å². The van der Waals surface area contributed by atoms with Crippen LogP contribution in [0.2, 0.25) is 0 Å². The molecule has 2 atom stereocenters. The highest BCUT2D eigenvalue weighted by atomic mass is 19.1. The fraction of sp³-hybridized carbons (Fsp3) is 0.200. The first-order valence-electron chi connectivity index (χ1n) is 13.0. The first kappa shape index (κ1) is 27.4. The molecule has 210 valence electrons. The average molecular weight is 558 g/mol. The third-order valence-corrected chi connectivity index (χ3v) is 6.53. The van der Waals surface area contributed by atoms with Gasteiger partial charge in [0.15, 0.2) is 0 Å². The summed E-state index contributed by atoms with van der Waals surface area (Å²) in [5.41, 5.74) is 1.96. The minimum atomic E-state index is -0.819. The molecule has 0 spiro atoms. The molecule has 3 N–H and O–H groups in total. The maximum absolute atomic E-state index is 13.3. The summed E-state index contributed by atoms with van der Waals surface area (Å²) in [5.74, 6) is -0.0519. The monoisotopic (exact) mass is 557 g/mol. The first-order valence-corrected chi connectivity index (χ1v) is 13.0. The van der Waals surface area contributed by atoms with Crippen molar-refractivity contribution in [3.8, 4) is 11.5 Å². The van der Waals surface area contributed by atoms with Crippen molar-refractivity contribution in [3.05, 3.63) is 108 Å². The zero-order chi connectivity index (χ0) is 28.6. The number of halogens is 1. The van der Waals surface area contributed by atoms with Crippen LogP contribution in [0.15, 0.2) is 91.4 Å². The molecule has 0 aliphatic carbocycles. The van der Waals surface area contributed by atoms with Crippen LogP contribution < -0.4 is 15.4 Å². The van der Waals surface area contributed by atoms with E-state index in [-0.39, 0.29) is 37.7 Å². The number of hydrogen-bond acceptors (Lipinski definition) is 6. The molecule has 41 heavy (non-hydrogen) atoms. The number of hydrogen-bond donors (Lipinski definition) is 3. The number of aromatic nitrogens is 2. The molecular formula is C30H28FN5O5. The van der Waals surface area contributed by atoms with Gasteiger partial charge in [0, 0.05) is 24.1 Å². The summed E-state index contributed by atoms with van der Waals surface area (Å²) < 4.78 is 24.2. The third-order valence-electron chi connectivity index (χ3n) is 6.53. The predicted octanol–water partition coefficient (Wildman–Crippen LogP) is 4.42. The molecule has 0 radical (unpaired) electrons. The maximum atomic E-state index is 13.3. The molecule has 1 saturated heterocycles. The highest BCUT2D eigenvalue weighted by molar-refractivity contribution is 5.98. The highest BCUT2D eigenvalue weighted by Gasteiger charge is 2.40. The Morgan fingerprint density at radius 3 is 2.37 bits per heavy atom. The Balaban J connectivity index is 1.22. The predicted molar refractivity (Wildman–Crippen MR) is 148 cm³/mol. The first-order chi connectivity index (χ1) is 19.9. The summed E-state index contributed by atoms with van der Waals surface area (Å²) >= 11 is 0. The Morgan fingerprint density at radius 1 is 0.976 bits per heavy atom. The molecule has 1 fully saturated rings. The summed E-state index contributed by atoms with van der Waals surface area (Å²) in [5, 5.41) is 5.63. The van der Waals surface area contributed by atoms with Crippen LogP contribution in [-0.2, 0) is 27.4 Å². The number of aromatic amines is 1. The second-order valence-corrected chi connectivity index (χ2v) is 9.52. The Kier molecular flexibility index (Phi) is 8.53. The Morgan fingerprint density at radius 2 is 1.68 bits per heavy atom. The Bertz CT molecular complexity index is 1460. The van der Waals surface area contributed by atoms with Gasteiger partial charge in [-0.2, -0.15) is 0 Å². The van der Waals surface area contributed by atoms with Crippen LogP contribution in [0.25, 0.3) is 0 Å². The van der Waals surface area contributed by atoms with Gasteiger partial charge in [0.25, 0.3) is 0 Å². The van der Waals surface area contributed by atoms with E-state index in [1.54, 1.807) is 30.5 Å². The van der Waals surface area contributed by atoms with E-state index in [0.717, 1.165) is 5.56 Å². The van der Waals surface area contributed by atoms with Gasteiger partial charge in [0.1, 0.15) is 30.0 Å². The number of nitrogens with one attached hydrogen (secondary N) is 3.